The minimum atomic E-state index is 0.0409. The summed E-state index contributed by atoms with van der Waals surface area (Å²) in [6.45, 7) is 4.16. The van der Waals surface area contributed by atoms with Gasteiger partial charge in [0.15, 0.2) is 0 Å². The van der Waals surface area contributed by atoms with Crippen LogP contribution in [0.25, 0.3) is 0 Å². The van der Waals surface area contributed by atoms with E-state index in [9.17, 15) is 4.79 Å². The van der Waals surface area contributed by atoms with E-state index in [-0.39, 0.29) is 6.61 Å². The van der Waals surface area contributed by atoms with E-state index in [1.54, 1.807) is 10.9 Å². The molecule has 1 aliphatic heterocycles. The summed E-state index contributed by atoms with van der Waals surface area (Å²) in [5, 5.41) is 16.5. The molecule has 2 aliphatic rings. The number of aromatic nitrogens is 4. The van der Waals surface area contributed by atoms with Gasteiger partial charge in [-0.15, -0.1) is 0 Å². The lowest BCUT2D eigenvalue weighted by atomic mass is 10.2. The number of rotatable bonds is 9. The van der Waals surface area contributed by atoms with E-state index in [1.165, 1.54) is 11.1 Å². The molecule has 166 valence electrons. The molecule has 0 unspecified atom stereocenters. The molecular weight excluding hydrogens is 406 g/mol. The van der Waals surface area contributed by atoms with Crippen molar-refractivity contribution < 1.29 is 9.90 Å². The molecule has 1 amide bonds. The fraction of sp³-hybridized carbons (Fsp3) is 0.391. The lowest BCUT2D eigenvalue weighted by Crippen LogP contribution is -2.23. The topological polar surface area (TPSA) is 99.4 Å². The number of aliphatic hydroxyl groups is 1. The van der Waals surface area contributed by atoms with Crippen molar-refractivity contribution >= 4 is 29.6 Å². The van der Waals surface area contributed by atoms with E-state index >= 15 is 0 Å². The summed E-state index contributed by atoms with van der Waals surface area (Å²) in [4.78, 5) is 24.9. The van der Waals surface area contributed by atoms with Gasteiger partial charge in [-0.25, -0.2) is 4.98 Å². The zero-order chi connectivity index (χ0) is 22.1. The maximum absolute atomic E-state index is 11.4. The predicted octanol–water partition coefficient (Wildman–Crippen LogP) is 2.41. The van der Waals surface area contributed by atoms with E-state index in [0.29, 0.717) is 18.5 Å². The Hall–Kier alpha value is -3.46. The fourth-order valence-corrected chi connectivity index (χ4v) is 4.18. The molecular formula is C23H27N7O2. The van der Waals surface area contributed by atoms with E-state index in [2.05, 4.69) is 32.4 Å². The fourth-order valence-electron chi connectivity index (χ4n) is 4.18. The van der Waals surface area contributed by atoms with Crippen molar-refractivity contribution in [3.8, 4) is 0 Å². The van der Waals surface area contributed by atoms with Gasteiger partial charge in [0.2, 0.25) is 12.4 Å². The average Bonchev–Trinajstić information content (AvgIpc) is 3.40. The zero-order valence-electron chi connectivity index (χ0n) is 18.1. The summed E-state index contributed by atoms with van der Waals surface area (Å²) >= 11 is 0. The minimum absolute atomic E-state index is 0.0409. The second-order valence-electron chi connectivity index (χ2n) is 8.36. The lowest BCUT2D eigenvalue weighted by molar-refractivity contribution is -0.107. The van der Waals surface area contributed by atoms with Gasteiger partial charge in [0.25, 0.3) is 0 Å². The Morgan fingerprint density at radius 2 is 2.06 bits per heavy atom. The zero-order valence-corrected chi connectivity index (χ0v) is 18.1. The molecule has 5 rings (SSSR count). The van der Waals surface area contributed by atoms with Crippen molar-refractivity contribution in [3.05, 3.63) is 53.5 Å². The number of nitrogens with one attached hydrogen (secondary N) is 1. The first kappa shape index (κ1) is 20.4. The smallest absolute Gasteiger partial charge is 0.229 e. The van der Waals surface area contributed by atoms with Crippen LogP contribution in [-0.2, 0) is 24.3 Å². The van der Waals surface area contributed by atoms with Crippen molar-refractivity contribution in [2.75, 3.05) is 28.3 Å². The number of carbonyl (C=O) groups is 1. The van der Waals surface area contributed by atoms with Crippen molar-refractivity contribution in [3.63, 3.8) is 0 Å². The maximum atomic E-state index is 11.4. The molecule has 2 N–H and O–H groups in total. The summed E-state index contributed by atoms with van der Waals surface area (Å²) in [5.41, 5.74) is 5.08. The highest BCUT2D eigenvalue weighted by Gasteiger charge is 2.29. The lowest BCUT2D eigenvalue weighted by Gasteiger charge is -2.21. The third-order valence-corrected chi connectivity index (χ3v) is 6.00. The summed E-state index contributed by atoms with van der Waals surface area (Å²) < 4.78 is 1.67. The van der Waals surface area contributed by atoms with Gasteiger partial charge in [-0.05, 0) is 43.9 Å². The van der Waals surface area contributed by atoms with Crippen molar-refractivity contribution in [2.45, 2.75) is 45.3 Å². The van der Waals surface area contributed by atoms with Crippen molar-refractivity contribution in [1.82, 2.24) is 19.7 Å². The van der Waals surface area contributed by atoms with Crippen molar-refractivity contribution in [1.29, 1.82) is 0 Å². The van der Waals surface area contributed by atoms with Gasteiger partial charge in [0, 0.05) is 42.3 Å². The number of hydrogen-bond donors (Lipinski definition) is 2. The van der Waals surface area contributed by atoms with E-state index in [0.717, 1.165) is 61.6 Å². The van der Waals surface area contributed by atoms with Gasteiger partial charge in [0.05, 0.1) is 25.0 Å². The van der Waals surface area contributed by atoms with Crippen LogP contribution in [0.3, 0.4) is 0 Å². The first-order valence-corrected chi connectivity index (χ1v) is 11.0. The highest BCUT2D eigenvalue weighted by atomic mass is 16.3. The molecule has 0 bridgehead atoms. The van der Waals surface area contributed by atoms with Gasteiger partial charge in [-0.2, -0.15) is 10.1 Å². The Bertz CT molecular complexity index is 1110. The Labute approximate surface area is 186 Å². The van der Waals surface area contributed by atoms with E-state index < -0.39 is 0 Å². The monoisotopic (exact) mass is 433 g/mol. The number of aliphatic hydroxyl groups excluding tert-OH is 1. The number of fused-ring (bicyclic) bond motifs is 1. The van der Waals surface area contributed by atoms with Crippen LogP contribution < -0.4 is 15.1 Å². The summed E-state index contributed by atoms with van der Waals surface area (Å²) in [6, 6.07) is 8.61. The third kappa shape index (κ3) is 4.16. The largest absolute Gasteiger partial charge is 0.394 e. The van der Waals surface area contributed by atoms with Gasteiger partial charge < -0.3 is 20.2 Å². The van der Waals surface area contributed by atoms with Crippen LogP contribution in [0.15, 0.2) is 36.7 Å². The highest BCUT2D eigenvalue weighted by molar-refractivity contribution is 5.76. The number of anilines is 4. The predicted molar refractivity (Wildman–Crippen MR) is 122 cm³/mol. The average molecular weight is 434 g/mol. The number of aryl methyl sites for hydroxylation is 1. The molecule has 9 nitrogen and oxygen atoms in total. The van der Waals surface area contributed by atoms with Crippen LogP contribution in [0.4, 0.5) is 23.1 Å². The molecule has 0 atom stereocenters. The normalized spacial score (nSPS) is 15.0. The second kappa shape index (κ2) is 8.58. The van der Waals surface area contributed by atoms with Crippen LogP contribution in [0.2, 0.25) is 0 Å². The third-order valence-electron chi connectivity index (χ3n) is 6.00. The molecule has 1 fully saturated rings. The van der Waals surface area contributed by atoms with Crippen molar-refractivity contribution in [2.24, 2.45) is 0 Å². The molecule has 32 heavy (non-hydrogen) atoms. The number of benzene rings is 1. The highest BCUT2D eigenvalue weighted by Crippen LogP contribution is 2.33. The SMILES string of the molecule is Cc1nc(Nc2cnn(CCO)c2)nc2c1CCN2Cc1ccc(N(C=O)C2CC2)cc1. The molecule has 2 aromatic heterocycles. The first-order valence-electron chi connectivity index (χ1n) is 11.0. The number of amides is 1. The Kier molecular flexibility index (Phi) is 5.48. The molecule has 1 aliphatic carbocycles. The van der Waals surface area contributed by atoms with Crippen LogP contribution in [-0.4, -0.2) is 50.5 Å². The maximum Gasteiger partial charge on any atom is 0.229 e. The quantitative estimate of drug-likeness (QED) is 0.500. The second-order valence-corrected chi connectivity index (χ2v) is 8.36. The van der Waals surface area contributed by atoms with E-state index in [4.69, 9.17) is 10.1 Å². The number of nitrogens with zero attached hydrogens (tertiary/aromatic N) is 6. The summed E-state index contributed by atoms with van der Waals surface area (Å²) in [6.07, 6.45) is 7.56. The molecule has 0 spiro atoms. The molecule has 3 aromatic rings. The summed E-state index contributed by atoms with van der Waals surface area (Å²) in [5.74, 6) is 1.50. The molecule has 1 saturated carbocycles. The van der Waals surface area contributed by atoms with Gasteiger partial charge in [0.1, 0.15) is 5.82 Å². The minimum Gasteiger partial charge on any atom is -0.394 e. The van der Waals surface area contributed by atoms with Gasteiger partial charge in [-0.1, -0.05) is 12.1 Å². The molecule has 0 saturated heterocycles. The standard InChI is InChI=1S/C23H27N7O2/c1-16-21-8-9-28(13-17-2-4-19(5-3-17)30(15-32)20-6-7-20)22(21)27-23(25-16)26-18-12-24-29(14-18)10-11-31/h2-5,12,14-15,20,31H,6-11,13H2,1H3,(H,25,26,27). The number of hydrogen-bond acceptors (Lipinski definition) is 7. The van der Waals surface area contributed by atoms with Crippen LogP contribution >= 0.6 is 0 Å². The van der Waals surface area contributed by atoms with Crippen LogP contribution in [0.1, 0.15) is 29.7 Å². The van der Waals surface area contributed by atoms with Gasteiger partial charge in [-0.3, -0.25) is 9.48 Å². The molecule has 0 radical (unpaired) electrons. The van der Waals surface area contributed by atoms with Crippen LogP contribution in [0, 0.1) is 6.92 Å². The Morgan fingerprint density at radius 1 is 1.25 bits per heavy atom. The Balaban J connectivity index is 1.31. The molecule has 1 aromatic carbocycles. The Morgan fingerprint density at radius 3 is 2.78 bits per heavy atom. The first-order chi connectivity index (χ1) is 15.6. The summed E-state index contributed by atoms with van der Waals surface area (Å²) in [7, 11) is 0. The van der Waals surface area contributed by atoms with E-state index in [1.807, 2.05) is 30.2 Å². The van der Waals surface area contributed by atoms with Crippen LogP contribution in [0.5, 0.6) is 0 Å². The molecule has 3 heterocycles. The van der Waals surface area contributed by atoms with Gasteiger partial charge >= 0.3 is 0 Å². The molecule has 9 heteroatoms. The number of carbonyl (C=O) groups excluding carboxylic acids is 1.